The van der Waals surface area contributed by atoms with E-state index in [-0.39, 0.29) is 5.91 Å². The fourth-order valence-electron chi connectivity index (χ4n) is 2.13. The van der Waals surface area contributed by atoms with E-state index in [2.05, 4.69) is 0 Å². The van der Waals surface area contributed by atoms with Gasteiger partial charge in [0.1, 0.15) is 5.75 Å². The lowest BCUT2D eigenvalue weighted by Crippen LogP contribution is -2.44. The molecule has 0 fully saturated rings. The van der Waals surface area contributed by atoms with Crippen LogP contribution in [0.5, 0.6) is 5.75 Å². The van der Waals surface area contributed by atoms with Crippen molar-refractivity contribution in [2.24, 2.45) is 0 Å². The number of hydrogen-bond donors (Lipinski definition) is 0. The van der Waals surface area contributed by atoms with E-state index in [9.17, 15) is 4.79 Å². The van der Waals surface area contributed by atoms with Gasteiger partial charge in [-0.15, -0.1) is 11.6 Å². The minimum atomic E-state index is -0.395. The third-order valence-electron chi connectivity index (χ3n) is 3.09. The van der Waals surface area contributed by atoms with Gasteiger partial charge < -0.3 is 9.64 Å². The number of benzene rings is 1. The Morgan fingerprint density at radius 3 is 2.83 bits per heavy atom. The second kappa shape index (κ2) is 6.10. The monoisotopic (exact) mass is 267 g/mol. The van der Waals surface area contributed by atoms with Crippen LogP contribution in [-0.2, 0) is 4.79 Å². The molecule has 1 atom stereocenters. The molecular weight excluding hydrogens is 250 g/mol. The molecule has 1 aromatic rings. The van der Waals surface area contributed by atoms with Gasteiger partial charge >= 0.3 is 0 Å². The van der Waals surface area contributed by atoms with E-state index >= 15 is 0 Å². The zero-order valence-corrected chi connectivity index (χ0v) is 11.3. The molecule has 2 rings (SSSR count). The summed E-state index contributed by atoms with van der Waals surface area (Å²) in [4.78, 5) is 14.0. The number of carbonyl (C=O) groups excluding carboxylic acids is 1. The molecule has 18 heavy (non-hydrogen) atoms. The summed E-state index contributed by atoms with van der Waals surface area (Å²) in [6, 6.07) is 7.69. The first-order valence-electron chi connectivity index (χ1n) is 6.37. The van der Waals surface area contributed by atoms with Crippen molar-refractivity contribution in [3.8, 4) is 5.75 Å². The molecule has 98 valence electrons. The van der Waals surface area contributed by atoms with Crippen molar-refractivity contribution < 1.29 is 9.53 Å². The lowest BCUT2D eigenvalue weighted by Gasteiger charge is -2.33. The molecule has 0 spiro atoms. The Bertz CT molecular complexity index is 422. The lowest BCUT2D eigenvalue weighted by atomic mass is 10.1. The van der Waals surface area contributed by atoms with E-state index in [0.717, 1.165) is 37.2 Å². The fraction of sp³-hybridized carbons (Fsp3) is 0.500. The van der Waals surface area contributed by atoms with E-state index in [4.69, 9.17) is 16.3 Å². The molecule has 0 bridgehead atoms. The van der Waals surface area contributed by atoms with Gasteiger partial charge in [0.25, 0.3) is 5.91 Å². The highest BCUT2D eigenvalue weighted by Crippen LogP contribution is 2.33. The van der Waals surface area contributed by atoms with E-state index in [1.165, 1.54) is 0 Å². The predicted octanol–water partition coefficient (Wildman–Crippen LogP) is 3.21. The van der Waals surface area contributed by atoms with Crippen LogP contribution in [0, 0.1) is 0 Å². The molecule has 1 aromatic carbocycles. The number of unbranched alkanes of at least 4 members (excludes halogenated alkanes) is 2. The number of hydrogen-bond acceptors (Lipinski definition) is 2. The molecule has 1 aliphatic rings. The third-order valence-corrected chi connectivity index (χ3v) is 3.36. The van der Waals surface area contributed by atoms with Gasteiger partial charge in [-0.05, 0) is 31.9 Å². The van der Waals surface area contributed by atoms with E-state index < -0.39 is 6.10 Å². The number of alkyl halides is 1. The summed E-state index contributed by atoms with van der Waals surface area (Å²) in [5, 5.41) is 0. The van der Waals surface area contributed by atoms with Gasteiger partial charge in [0, 0.05) is 12.4 Å². The summed E-state index contributed by atoms with van der Waals surface area (Å²) in [7, 11) is 0. The summed E-state index contributed by atoms with van der Waals surface area (Å²) in [6.07, 6.45) is 2.62. The van der Waals surface area contributed by atoms with Crippen LogP contribution in [0.1, 0.15) is 26.2 Å². The van der Waals surface area contributed by atoms with Gasteiger partial charge in [0.15, 0.2) is 6.10 Å². The maximum absolute atomic E-state index is 12.1. The van der Waals surface area contributed by atoms with E-state index in [0.29, 0.717) is 5.88 Å². The van der Waals surface area contributed by atoms with E-state index in [1.54, 1.807) is 6.92 Å². The highest BCUT2D eigenvalue weighted by Gasteiger charge is 2.30. The van der Waals surface area contributed by atoms with Crippen molar-refractivity contribution in [3.63, 3.8) is 0 Å². The number of para-hydroxylation sites is 2. The highest BCUT2D eigenvalue weighted by atomic mass is 35.5. The van der Waals surface area contributed by atoms with Gasteiger partial charge in [-0.25, -0.2) is 0 Å². The molecule has 0 radical (unpaired) electrons. The maximum atomic E-state index is 12.1. The fourth-order valence-corrected chi connectivity index (χ4v) is 2.32. The number of anilines is 1. The Morgan fingerprint density at radius 2 is 2.06 bits per heavy atom. The zero-order valence-electron chi connectivity index (χ0n) is 10.6. The highest BCUT2D eigenvalue weighted by molar-refractivity contribution is 6.17. The smallest absolute Gasteiger partial charge is 0.267 e. The molecule has 1 heterocycles. The Kier molecular flexibility index (Phi) is 4.48. The second-order valence-electron chi connectivity index (χ2n) is 4.47. The summed E-state index contributed by atoms with van der Waals surface area (Å²) < 4.78 is 5.59. The third kappa shape index (κ3) is 2.78. The minimum absolute atomic E-state index is 0.0413. The van der Waals surface area contributed by atoms with E-state index in [1.807, 2.05) is 29.2 Å². The summed E-state index contributed by atoms with van der Waals surface area (Å²) in [6.45, 7) is 2.53. The van der Waals surface area contributed by atoms with Crippen LogP contribution < -0.4 is 9.64 Å². The molecule has 3 nitrogen and oxygen atoms in total. The average molecular weight is 268 g/mol. The lowest BCUT2D eigenvalue weighted by molar-refractivity contribution is -0.125. The van der Waals surface area contributed by atoms with Crippen molar-refractivity contribution in [2.45, 2.75) is 32.3 Å². The first-order valence-corrected chi connectivity index (χ1v) is 6.90. The molecule has 4 heteroatoms. The number of halogens is 1. The minimum Gasteiger partial charge on any atom is -0.479 e. The average Bonchev–Trinajstić information content (AvgIpc) is 2.38. The summed E-state index contributed by atoms with van der Waals surface area (Å²) in [5.74, 6) is 1.52. The van der Waals surface area contributed by atoms with Crippen LogP contribution in [0.2, 0.25) is 0 Å². The predicted molar refractivity (Wildman–Crippen MR) is 73.5 cm³/mol. The number of carbonyl (C=O) groups is 1. The number of fused-ring (bicyclic) bond motifs is 1. The molecule has 0 saturated heterocycles. The number of rotatable bonds is 5. The number of amides is 1. The first-order chi connectivity index (χ1) is 8.74. The Balaban J connectivity index is 2.09. The molecule has 0 aromatic heterocycles. The van der Waals surface area contributed by atoms with Crippen molar-refractivity contribution in [2.75, 3.05) is 17.3 Å². The number of ether oxygens (including phenoxy) is 1. The molecule has 1 amide bonds. The van der Waals surface area contributed by atoms with Crippen molar-refractivity contribution >= 4 is 23.2 Å². The SMILES string of the molecule is CC1Oc2ccccc2N(CCCCCCl)C1=O. The van der Waals surface area contributed by atoms with Crippen molar-refractivity contribution in [3.05, 3.63) is 24.3 Å². The molecular formula is C14H18ClNO2. The van der Waals surface area contributed by atoms with Crippen LogP contribution in [-0.4, -0.2) is 24.4 Å². The standard InChI is InChI=1S/C14H18ClNO2/c1-11-14(17)16(10-6-2-5-9-15)12-7-3-4-8-13(12)18-11/h3-4,7-8,11H,2,5-6,9-10H2,1H3. The molecule has 1 unspecified atom stereocenters. The van der Waals surface area contributed by atoms with Gasteiger partial charge in [-0.3, -0.25) is 4.79 Å². The van der Waals surface area contributed by atoms with Crippen LogP contribution in [0.3, 0.4) is 0 Å². The Labute approximate surface area is 113 Å². The van der Waals surface area contributed by atoms with Crippen LogP contribution in [0.25, 0.3) is 0 Å². The van der Waals surface area contributed by atoms with Gasteiger partial charge in [0.05, 0.1) is 5.69 Å². The molecule has 1 aliphatic heterocycles. The van der Waals surface area contributed by atoms with Gasteiger partial charge in [0.2, 0.25) is 0 Å². The van der Waals surface area contributed by atoms with Crippen molar-refractivity contribution in [1.29, 1.82) is 0 Å². The van der Waals surface area contributed by atoms with Gasteiger partial charge in [-0.1, -0.05) is 18.6 Å². The summed E-state index contributed by atoms with van der Waals surface area (Å²) >= 11 is 5.66. The quantitative estimate of drug-likeness (QED) is 0.606. The second-order valence-corrected chi connectivity index (χ2v) is 4.85. The zero-order chi connectivity index (χ0) is 13.0. The molecule has 0 aliphatic carbocycles. The number of nitrogens with zero attached hydrogens (tertiary/aromatic N) is 1. The largest absolute Gasteiger partial charge is 0.479 e. The normalized spacial score (nSPS) is 18.4. The first kappa shape index (κ1) is 13.2. The van der Waals surface area contributed by atoms with Crippen LogP contribution in [0.4, 0.5) is 5.69 Å². The van der Waals surface area contributed by atoms with Crippen molar-refractivity contribution in [1.82, 2.24) is 0 Å². The molecule has 0 saturated carbocycles. The molecule has 0 N–H and O–H groups in total. The summed E-state index contributed by atoms with van der Waals surface area (Å²) in [5.41, 5.74) is 0.881. The van der Waals surface area contributed by atoms with Gasteiger partial charge in [-0.2, -0.15) is 0 Å². The van der Waals surface area contributed by atoms with Crippen LogP contribution in [0.15, 0.2) is 24.3 Å². The Morgan fingerprint density at radius 1 is 1.28 bits per heavy atom. The van der Waals surface area contributed by atoms with Crippen LogP contribution >= 0.6 is 11.6 Å². The Hall–Kier alpha value is -1.22. The maximum Gasteiger partial charge on any atom is 0.267 e. The topological polar surface area (TPSA) is 29.5 Å².